The van der Waals surface area contributed by atoms with Crippen LogP contribution in [0.4, 0.5) is 5.69 Å². The average molecular weight is 218 g/mol. The number of rotatable bonds is 4. The number of para-hydroxylation sites is 1. The van der Waals surface area contributed by atoms with Gasteiger partial charge < -0.3 is 10.2 Å². The quantitative estimate of drug-likeness (QED) is 0.581. The first-order valence-electron chi connectivity index (χ1n) is 4.60. The second kappa shape index (κ2) is 5.79. The summed E-state index contributed by atoms with van der Waals surface area (Å²) in [4.78, 5) is 13.6. The summed E-state index contributed by atoms with van der Waals surface area (Å²) in [6, 6.07) is 8.08. The number of aliphatic hydroxyl groups is 2. The molecule has 0 aromatic heterocycles. The monoisotopic (exact) mass is 218 g/mol. The molecule has 0 amide bonds. The molecule has 2 unspecified atom stereocenters. The lowest BCUT2D eigenvalue weighted by molar-refractivity contribution is 0.0220. The molecule has 0 aliphatic rings. The number of hydrogen-bond donors (Lipinski definition) is 2. The van der Waals surface area contributed by atoms with Gasteiger partial charge in [0.25, 0.3) is 0 Å². The Balaban J connectivity index is 3.03. The lowest BCUT2D eigenvalue weighted by Gasteiger charge is -2.16. The fraction of sp³-hybridized carbons (Fsp3) is 0.273. The molecule has 5 heteroatoms. The van der Waals surface area contributed by atoms with E-state index < -0.39 is 12.2 Å². The maximum absolute atomic E-state index is 10.2. The van der Waals surface area contributed by atoms with Gasteiger partial charge in [-0.25, -0.2) is 4.79 Å². The molecule has 0 spiro atoms. The van der Waals surface area contributed by atoms with E-state index in [4.69, 9.17) is 5.26 Å². The molecule has 5 nitrogen and oxygen atoms in total. The molecule has 0 heterocycles. The molecule has 0 bridgehead atoms. The van der Waals surface area contributed by atoms with Crippen LogP contribution in [-0.2, 0) is 4.79 Å². The number of nitrogens with zero attached hydrogens (tertiary/aromatic N) is 2. The van der Waals surface area contributed by atoms with Gasteiger partial charge in [0.15, 0.2) is 0 Å². The van der Waals surface area contributed by atoms with Crippen LogP contribution in [0, 0.1) is 11.3 Å². The third kappa shape index (κ3) is 2.75. The van der Waals surface area contributed by atoms with E-state index >= 15 is 0 Å². The van der Waals surface area contributed by atoms with Crippen molar-refractivity contribution < 1.29 is 15.0 Å². The second-order valence-corrected chi connectivity index (χ2v) is 3.14. The van der Waals surface area contributed by atoms with Crippen molar-refractivity contribution in [1.29, 1.82) is 5.26 Å². The van der Waals surface area contributed by atoms with Crippen molar-refractivity contribution in [2.24, 2.45) is 4.99 Å². The van der Waals surface area contributed by atoms with Gasteiger partial charge in [0, 0.05) is 5.56 Å². The Hall–Kier alpha value is -1.99. The summed E-state index contributed by atoms with van der Waals surface area (Å²) in [6.45, 7) is 0. The topological polar surface area (TPSA) is 93.7 Å². The van der Waals surface area contributed by atoms with Crippen LogP contribution >= 0.6 is 0 Å². The van der Waals surface area contributed by atoms with Crippen LogP contribution < -0.4 is 0 Å². The molecule has 82 valence electrons. The van der Waals surface area contributed by atoms with Crippen molar-refractivity contribution >= 4 is 11.8 Å². The summed E-state index contributed by atoms with van der Waals surface area (Å²) >= 11 is 0. The fourth-order valence-electron chi connectivity index (χ4n) is 1.30. The Morgan fingerprint density at radius 3 is 2.69 bits per heavy atom. The molecule has 2 atom stereocenters. The first-order valence-corrected chi connectivity index (χ1v) is 4.60. The van der Waals surface area contributed by atoms with Gasteiger partial charge in [0.05, 0.1) is 24.3 Å². The maximum Gasteiger partial charge on any atom is 0.240 e. The van der Waals surface area contributed by atoms with Crippen molar-refractivity contribution in [3.63, 3.8) is 0 Å². The van der Waals surface area contributed by atoms with Crippen LogP contribution in [0.25, 0.3) is 0 Å². The number of aliphatic imine (C=N–C) groups is 1. The third-order valence-corrected chi connectivity index (χ3v) is 2.09. The van der Waals surface area contributed by atoms with E-state index in [1.807, 2.05) is 0 Å². The van der Waals surface area contributed by atoms with Crippen LogP contribution in [0.5, 0.6) is 0 Å². The first kappa shape index (κ1) is 12.1. The highest BCUT2D eigenvalue weighted by Crippen LogP contribution is 2.27. The van der Waals surface area contributed by atoms with Gasteiger partial charge in [0.2, 0.25) is 6.08 Å². The van der Waals surface area contributed by atoms with Crippen molar-refractivity contribution in [2.75, 3.05) is 0 Å². The van der Waals surface area contributed by atoms with Gasteiger partial charge in [-0.15, -0.1) is 0 Å². The molecule has 0 fully saturated rings. The molecule has 0 aliphatic carbocycles. The number of nitriles is 1. The predicted octanol–water partition coefficient (Wildman–Crippen LogP) is 0.962. The Kier molecular flexibility index (Phi) is 4.37. The lowest BCUT2D eigenvalue weighted by atomic mass is 10.0. The van der Waals surface area contributed by atoms with Crippen LogP contribution in [-0.4, -0.2) is 22.4 Å². The molecular weight excluding hydrogens is 208 g/mol. The van der Waals surface area contributed by atoms with Gasteiger partial charge in [-0.1, -0.05) is 18.2 Å². The standard InChI is InChI=1S/C11H10N2O3/c12-6-5-10(15)11(16)8-3-1-2-4-9(8)13-7-14/h1-4,10-11,15-16H,5H2. The molecule has 1 aromatic rings. The Bertz CT molecular complexity index is 447. The minimum absolute atomic E-state index is 0.194. The first-order chi connectivity index (χ1) is 7.70. The molecule has 16 heavy (non-hydrogen) atoms. The van der Waals surface area contributed by atoms with Gasteiger partial charge in [-0.3, -0.25) is 0 Å². The van der Waals surface area contributed by atoms with E-state index in [1.165, 1.54) is 18.2 Å². The molecule has 1 rings (SSSR count). The highest BCUT2D eigenvalue weighted by Gasteiger charge is 2.20. The van der Waals surface area contributed by atoms with Crippen LogP contribution in [0.1, 0.15) is 18.1 Å². The van der Waals surface area contributed by atoms with Crippen molar-refractivity contribution in [3.05, 3.63) is 29.8 Å². The number of isocyanates is 1. The highest BCUT2D eigenvalue weighted by atomic mass is 16.3. The number of carbonyl (C=O) groups excluding carboxylic acids is 1. The van der Waals surface area contributed by atoms with Gasteiger partial charge >= 0.3 is 0 Å². The van der Waals surface area contributed by atoms with E-state index in [-0.39, 0.29) is 12.1 Å². The van der Waals surface area contributed by atoms with Crippen LogP contribution in [0.2, 0.25) is 0 Å². The minimum Gasteiger partial charge on any atom is -0.389 e. The van der Waals surface area contributed by atoms with E-state index in [2.05, 4.69) is 4.99 Å². The van der Waals surface area contributed by atoms with Crippen molar-refractivity contribution in [1.82, 2.24) is 0 Å². The van der Waals surface area contributed by atoms with E-state index in [0.717, 1.165) is 0 Å². The fourth-order valence-corrected chi connectivity index (χ4v) is 1.30. The summed E-state index contributed by atoms with van der Waals surface area (Å²) < 4.78 is 0. The van der Waals surface area contributed by atoms with E-state index in [9.17, 15) is 15.0 Å². The largest absolute Gasteiger partial charge is 0.389 e. The van der Waals surface area contributed by atoms with Crippen molar-refractivity contribution in [2.45, 2.75) is 18.6 Å². The van der Waals surface area contributed by atoms with Crippen LogP contribution in [0.3, 0.4) is 0 Å². The molecule has 0 aliphatic heterocycles. The summed E-state index contributed by atoms with van der Waals surface area (Å²) in [5, 5.41) is 27.6. The minimum atomic E-state index is -1.24. The summed E-state index contributed by atoms with van der Waals surface area (Å²) in [5.74, 6) is 0. The maximum atomic E-state index is 10.2. The van der Waals surface area contributed by atoms with E-state index in [1.54, 1.807) is 18.2 Å². The van der Waals surface area contributed by atoms with Crippen LogP contribution in [0.15, 0.2) is 29.3 Å². The zero-order valence-electron chi connectivity index (χ0n) is 8.37. The number of benzene rings is 1. The molecule has 0 saturated carbocycles. The van der Waals surface area contributed by atoms with E-state index in [0.29, 0.717) is 5.56 Å². The Morgan fingerprint density at radius 1 is 1.38 bits per heavy atom. The average Bonchev–Trinajstić information content (AvgIpc) is 2.29. The second-order valence-electron chi connectivity index (χ2n) is 3.14. The lowest BCUT2D eigenvalue weighted by Crippen LogP contribution is -2.17. The Labute approximate surface area is 92.3 Å². The zero-order chi connectivity index (χ0) is 12.0. The SMILES string of the molecule is N#CCC(O)C(O)c1ccccc1N=C=O. The summed E-state index contributed by atoms with van der Waals surface area (Å²) in [7, 11) is 0. The Morgan fingerprint density at radius 2 is 2.06 bits per heavy atom. The molecule has 0 radical (unpaired) electrons. The number of hydrogen-bond acceptors (Lipinski definition) is 5. The predicted molar refractivity (Wildman–Crippen MR) is 55.4 cm³/mol. The molecule has 0 saturated heterocycles. The molecule has 1 aromatic carbocycles. The summed E-state index contributed by atoms with van der Waals surface area (Å²) in [5.41, 5.74) is 0.538. The molecule has 2 N–H and O–H groups in total. The normalized spacial score (nSPS) is 13.3. The third-order valence-electron chi connectivity index (χ3n) is 2.09. The highest BCUT2D eigenvalue weighted by molar-refractivity contribution is 5.54. The zero-order valence-corrected chi connectivity index (χ0v) is 8.37. The number of aliphatic hydroxyl groups excluding tert-OH is 2. The molecular formula is C11H10N2O3. The summed E-state index contributed by atoms with van der Waals surface area (Å²) in [6.07, 6.45) is -1.27. The smallest absolute Gasteiger partial charge is 0.240 e. The van der Waals surface area contributed by atoms with Gasteiger partial charge in [-0.05, 0) is 6.07 Å². The van der Waals surface area contributed by atoms with Gasteiger partial charge in [-0.2, -0.15) is 10.3 Å². The van der Waals surface area contributed by atoms with Gasteiger partial charge in [0.1, 0.15) is 6.10 Å². The van der Waals surface area contributed by atoms with Crippen molar-refractivity contribution in [3.8, 4) is 6.07 Å².